The van der Waals surface area contributed by atoms with E-state index in [1.54, 1.807) is 6.92 Å². The number of aromatic nitrogens is 2. The number of aryl methyl sites for hydroxylation is 1. The van der Waals surface area contributed by atoms with Crippen LogP contribution < -0.4 is 11.1 Å². The van der Waals surface area contributed by atoms with Gasteiger partial charge in [0.1, 0.15) is 5.01 Å². The second kappa shape index (κ2) is 6.47. The molecule has 84 valence electrons. The van der Waals surface area contributed by atoms with Crippen LogP contribution in [0.15, 0.2) is 0 Å². The molecule has 0 saturated heterocycles. The Morgan fingerprint density at radius 2 is 2.27 bits per heavy atom. The molecule has 0 aromatic carbocycles. The molecule has 0 fully saturated rings. The fraction of sp³-hybridized carbons (Fsp3) is 0.667. The zero-order valence-electron chi connectivity index (χ0n) is 8.82. The van der Waals surface area contributed by atoms with E-state index in [1.165, 1.54) is 11.3 Å². The van der Waals surface area contributed by atoms with Gasteiger partial charge in [-0.2, -0.15) is 0 Å². The molecule has 0 bridgehead atoms. The first kappa shape index (κ1) is 12.1. The zero-order valence-corrected chi connectivity index (χ0v) is 9.64. The number of nitrogens with zero attached hydrogens (tertiary/aromatic N) is 2. The average molecular weight is 228 g/mol. The van der Waals surface area contributed by atoms with Crippen LogP contribution >= 0.6 is 11.3 Å². The normalized spacial score (nSPS) is 10.3. The van der Waals surface area contributed by atoms with Crippen molar-refractivity contribution in [1.29, 1.82) is 0 Å². The van der Waals surface area contributed by atoms with Crippen LogP contribution in [-0.2, 0) is 11.2 Å². The van der Waals surface area contributed by atoms with Gasteiger partial charge in [0, 0.05) is 12.8 Å². The molecule has 0 atom stereocenters. The molecule has 15 heavy (non-hydrogen) atoms. The molecule has 1 aromatic rings. The molecule has 0 spiro atoms. The maximum Gasteiger partial charge on any atom is 0.225 e. The molecule has 1 amide bonds. The van der Waals surface area contributed by atoms with E-state index in [4.69, 9.17) is 5.73 Å². The van der Waals surface area contributed by atoms with Gasteiger partial charge in [0.2, 0.25) is 11.0 Å². The van der Waals surface area contributed by atoms with E-state index < -0.39 is 0 Å². The highest BCUT2D eigenvalue weighted by Crippen LogP contribution is 2.16. The van der Waals surface area contributed by atoms with Crippen molar-refractivity contribution < 1.29 is 4.79 Å². The quantitative estimate of drug-likeness (QED) is 0.716. The summed E-state index contributed by atoms with van der Waals surface area (Å²) in [6.45, 7) is 2.51. The maximum absolute atomic E-state index is 11.1. The first-order chi connectivity index (χ1) is 7.26. The van der Waals surface area contributed by atoms with Crippen LogP contribution in [0.2, 0.25) is 0 Å². The third-order valence-electron chi connectivity index (χ3n) is 1.88. The van der Waals surface area contributed by atoms with Crippen LogP contribution in [0.25, 0.3) is 0 Å². The Bertz CT molecular complexity index is 313. The van der Waals surface area contributed by atoms with Crippen molar-refractivity contribution in [2.24, 2.45) is 5.73 Å². The largest absolute Gasteiger partial charge is 0.330 e. The number of nitrogens with one attached hydrogen (secondary N) is 1. The van der Waals surface area contributed by atoms with Crippen LogP contribution in [-0.4, -0.2) is 22.6 Å². The number of rotatable bonds is 6. The summed E-state index contributed by atoms with van der Waals surface area (Å²) in [6.07, 6.45) is 3.36. The van der Waals surface area contributed by atoms with Crippen molar-refractivity contribution in [3.05, 3.63) is 5.01 Å². The summed E-state index contributed by atoms with van der Waals surface area (Å²) >= 11 is 1.43. The van der Waals surface area contributed by atoms with Gasteiger partial charge in [-0.15, -0.1) is 10.2 Å². The fourth-order valence-corrected chi connectivity index (χ4v) is 1.83. The summed E-state index contributed by atoms with van der Waals surface area (Å²) in [5.74, 6) is -0.0281. The summed E-state index contributed by atoms with van der Waals surface area (Å²) in [5.41, 5.74) is 5.39. The predicted molar refractivity (Wildman–Crippen MR) is 60.8 cm³/mol. The minimum atomic E-state index is -0.0281. The standard InChI is InChI=1S/C9H16N4OS/c1-2-7(14)11-9-13-12-8(15-9)5-3-4-6-10/h2-6,10H2,1H3,(H,11,13,14). The monoisotopic (exact) mass is 228 g/mol. The van der Waals surface area contributed by atoms with Gasteiger partial charge in [-0.1, -0.05) is 18.3 Å². The lowest BCUT2D eigenvalue weighted by atomic mass is 10.2. The van der Waals surface area contributed by atoms with Gasteiger partial charge >= 0.3 is 0 Å². The Balaban J connectivity index is 2.38. The van der Waals surface area contributed by atoms with Crippen molar-refractivity contribution in [2.45, 2.75) is 32.6 Å². The van der Waals surface area contributed by atoms with Gasteiger partial charge in [-0.3, -0.25) is 4.79 Å². The molecule has 6 heteroatoms. The molecule has 0 aliphatic rings. The van der Waals surface area contributed by atoms with Crippen molar-refractivity contribution in [3.63, 3.8) is 0 Å². The van der Waals surface area contributed by atoms with E-state index in [1.807, 2.05) is 0 Å². The highest BCUT2D eigenvalue weighted by atomic mass is 32.1. The summed E-state index contributed by atoms with van der Waals surface area (Å²) in [6, 6.07) is 0. The lowest BCUT2D eigenvalue weighted by Crippen LogP contribution is -2.08. The first-order valence-electron chi connectivity index (χ1n) is 5.08. The second-order valence-electron chi connectivity index (χ2n) is 3.15. The summed E-state index contributed by atoms with van der Waals surface area (Å²) in [7, 11) is 0. The Morgan fingerprint density at radius 1 is 1.47 bits per heavy atom. The van der Waals surface area contributed by atoms with Crippen LogP contribution in [0, 0.1) is 0 Å². The summed E-state index contributed by atoms with van der Waals surface area (Å²) in [4.78, 5) is 11.1. The van der Waals surface area contributed by atoms with Crippen LogP contribution in [0.5, 0.6) is 0 Å². The van der Waals surface area contributed by atoms with E-state index in [0.717, 1.165) is 24.3 Å². The van der Waals surface area contributed by atoms with Gasteiger partial charge < -0.3 is 11.1 Å². The molecule has 0 radical (unpaired) electrons. The topological polar surface area (TPSA) is 80.9 Å². The molecule has 1 aromatic heterocycles. The average Bonchev–Trinajstić information content (AvgIpc) is 2.66. The van der Waals surface area contributed by atoms with Crippen LogP contribution in [0.1, 0.15) is 31.2 Å². The zero-order chi connectivity index (χ0) is 11.1. The molecule has 5 nitrogen and oxygen atoms in total. The maximum atomic E-state index is 11.1. The van der Waals surface area contributed by atoms with E-state index >= 15 is 0 Å². The fourth-order valence-electron chi connectivity index (χ4n) is 1.03. The molecular formula is C9H16N4OS. The number of hydrogen-bond donors (Lipinski definition) is 2. The van der Waals surface area contributed by atoms with Gasteiger partial charge in [-0.05, 0) is 19.4 Å². The lowest BCUT2D eigenvalue weighted by molar-refractivity contribution is -0.115. The number of anilines is 1. The minimum absolute atomic E-state index is 0.0281. The van der Waals surface area contributed by atoms with Gasteiger partial charge in [-0.25, -0.2) is 0 Å². The Labute approximate surface area is 93.1 Å². The van der Waals surface area contributed by atoms with Gasteiger partial charge in [0.05, 0.1) is 0 Å². The van der Waals surface area contributed by atoms with Crippen molar-refractivity contribution in [3.8, 4) is 0 Å². The number of amides is 1. The molecule has 1 rings (SSSR count). The number of carbonyl (C=O) groups is 1. The first-order valence-corrected chi connectivity index (χ1v) is 5.90. The summed E-state index contributed by atoms with van der Waals surface area (Å²) < 4.78 is 0. The molecule has 1 heterocycles. The summed E-state index contributed by atoms with van der Waals surface area (Å²) in [5, 5.41) is 12.1. The second-order valence-corrected chi connectivity index (χ2v) is 4.21. The van der Waals surface area contributed by atoms with Gasteiger partial charge in [0.25, 0.3) is 0 Å². The Hall–Kier alpha value is -1.01. The van der Waals surface area contributed by atoms with Crippen molar-refractivity contribution in [1.82, 2.24) is 10.2 Å². The number of unbranched alkanes of at least 4 members (excludes halogenated alkanes) is 1. The Kier molecular flexibility index (Phi) is 5.20. The number of carbonyl (C=O) groups excluding carboxylic acids is 1. The van der Waals surface area contributed by atoms with Crippen molar-refractivity contribution in [2.75, 3.05) is 11.9 Å². The number of hydrogen-bond acceptors (Lipinski definition) is 5. The van der Waals surface area contributed by atoms with E-state index in [0.29, 0.717) is 18.1 Å². The van der Waals surface area contributed by atoms with Gasteiger partial charge in [0.15, 0.2) is 0 Å². The highest BCUT2D eigenvalue weighted by molar-refractivity contribution is 7.15. The smallest absolute Gasteiger partial charge is 0.225 e. The van der Waals surface area contributed by atoms with E-state index in [-0.39, 0.29) is 5.91 Å². The van der Waals surface area contributed by atoms with E-state index in [9.17, 15) is 4.79 Å². The SMILES string of the molecule is CCC(=O)Nc1nnc(CCCCN)s1. The molecule has 0 unspecified atom stereocenters. The molecule has 0 saturated carbocycles. The van der Waals surface area contributed by atoms with E-state index in [2.05, 4.69) is 15.5 Å². The minimum Gasteiger partial charge on any atom is -0.330 e. The molecule has 0 aliphatic carbocycles. The van der Waals surface area contributed by atoms with Crippen LogP contribution in [0.4, 0.5) is 5.13 Å². The molecule has 3 N–H and O–H groups in total. The highest BCUT2D eigenvalue weighted by Gasteiger charge is 2.05. The third-order valence-corrected chi connectivity index (χ3v) is 2.78. The molecular weight excluding hydrogens is 212 g/mol. The predicted octanol–water partition coefficient (Wildman–Crippen LogP) is 1.17. The third kappa shape index (κ3) is 4.35. The lowest BCUT2D eigenvalue weighted by Gasteiger charge is -1.95. The molecule has 0 aliphatic heterocycles. The van der Waals surface area contributed by atoms with Crippen LogP contribution in [0.3, 0.4) is 0 Å². The van der Waals surface area contributed by atoms with Crippen molar-refractivity contribution >= 4 is 22.4 Å². The Morgan fingerprint density at radius 3 is 2.93 bits per heavy atom. The number of nitrogens with two attached hydrogens (primary N) is 1.